The Balaban J connectivity index is 1.41. The molecule has 4 rings (SSSR count). The summed E-state index contributed by atoms with van der Waals surface area (Å²) in [4.78, 5) is 17.0. The minimum absolute atomic E-state index is 0.113. The number of benzene rings is 1. The topological polar surface area (TPSA) is 81.9 Å². The van der Waals surface area contributed by atoms with Gasteiger partial charge in [-0.2, -0.15) is 0 Å². The summed E-state index contributed by atoms with van der Waals surface area (Å²) in [7, 11) is 1.63. The molecular weight excluding hydrogens is 418 g/mol. The number of anilines is 1. The van der Waals surface area contributed by atoms with Crippen molar-refractivity contribution in [1.82, 2.24) is 19.7 Å². The van der Waals surface area contributed by atoms with E-state index in [-0.39, 0.29) is 11.7 Å². The molecule has 0 unspecified atom stereocenters. The van der Waals surface area contributed by atoms with Gasteiger partial charge in [0.05, 0.1) is 23.1 Å². The second kappa shape index (κ2) is 9.61. The van der Waals surface area contributed by atoms with E-state index in [1.165, 1.54) is 42.4 Å². The average Bonchev–Trinajstić information content (AvgIpc) is 3.35. The van der Waals surface area contributed by atoms with E-state index in [2.05, 4.69) is 31.6 Å². The molecule has 9 heteroatoms. The van der Waals surface area contributed by atoms with Gasteiger partial charge in [-0.1, -0.05) is 48.4 Å². The molecule has 158 valence electrons. The van der Waals surface area contributed by atoms with Crippen molar-refractivity contribution in [2.75, 3.05) is 18.2 Å². The van der Waals surface area contributed by atoms with Gasteiger partial charge in [0.1, 0.15) is 11.6 Å². The van der Waals surface area contributed by atoms with Crippen LogP contribution in [0.4, 0.5) is 5.13 Å². The molecule has 7 nitrogen and oxygen atoms in total. The summed E-state index contributed by atoms with van der Waals surface area (Å²) in [6, 6.07) is 5.67. The van der Waals surface area contributed by atoms with Crippen molar-refractivity contribution in [2.24, 2.45) is 0 Å². The van der Waals surface area contributed by atoms with Crippen LogP contribution in [-0.4, -0.2) is 38.5 Å². The zero-order valence-corrected chi connectivity index (χ0v) is 18.6. The molecule has 1 saturated carbocycles. The van der Waals surface area contributed by atoms with Crippen LogP contribution in [-0.2, 0) is 11.3 Å². The molecular formula is C21H25N5O2S2. The Hall–Kier alpha value is -2.39. The van der Waals surface area contributed by atoms with Crippen molar-refractivity contribution in [3.63, 3.8) is 0 Å². The molecule has 0 spiro atoms. The second-order valence-corrected chi connectivity index (χ2v) is 9.24. The number of hydrogen-bond donors (Lipinski definition) is 1. The Morgan fingerprint density at radius 1 is 1.37 bits per heavy atom. The molecule has 0 bridgehead atoms. The fourth-order valence-electron chi connectivity index (χ4n) is 3.74. The molecule has 0 aliphatic heterocycles. The molecule has 2 heterocycles. The largest absolute Gasteiger partial charge is 0.497 e. The number of rotatable bonds is 8. The maximum absolute atomic E-state index is 12.5. The smallest absolute Gasteiger partial charge is 0.236 e. The summed E-state index contributed by atoms with van der Waals surface area (Å²) in [6.45, 7) is 4.52. The fourth-order valence-corrected chi connectivity index (χ4v) is 5.41. The first-order chi connectivity index (χ1) is 14.7. The van der Waals surface area contributed by atoms with E-state index in [9.17, 15) is 4.79 Å². The maximum atomic E-state index is 12.5. The van der Waals surface area contributed by atoms with Gasteiger partial charge in [0.2, 0.25) is 5.91 Å². The number of ether oxygens (including phenoxy) is 1. The number of methoxy groups -OCH3 is 1. The van der Waals surface area contributed by atoms with Gasteiger partial charge in [0.15, 0.2) is 10.3 Å². The third kappa shape index (κ3) is 4.67. The summed E-state index contributed by atoms with van der Waals surface area (Å²) in [5, 5.41) is 13.1. The number of carbonyl (C=O) groups is 1. The van der Waals surface area contributed by atoms with Crippen molar-refractivity contribution in [1.29, 1.82) is 0 Å². The lowest BCUT2D eigenvalue weighted by molar-refractivity contribution is -0.113. The molecule has 3 aromatic rings. The third-order valence-corrected chi connectivity index (χ3v) is 7.10. The molecule has 1 fully saturated rings. The SMILES string of the molecule is C=CCn1c(SCC(=O)Nc2nc3ccc(OC)cc3s2)nnc1C1CCCCC1. The molecule has 1 aliphatic rings. The van der Waals surface area contributed by atoms with E-state index in [0.29, 0.717) is 17.6 Å². The molecule has 1 aliphatic carbocycles. The van der Waals surface area contributed by atoms with E-state index in [1.807, 2.05) is 24.3 Å². The van der Waals surface area contributed by atoms with Crippen molar-refractivity contribution < 1.29 is 9.53 Å². The number of fused-ring (bicyclic) bond motifs is 1. The zero-order chi connectivity index (χ0) is 20.9. The maximum Gasteiger partial charge on any atom is 0.236 e. The van der Waals surface area contributed by atoms with Crippen LogP contribution in [0.2, 0.25) is 0 Å². The Morgan fingerprint density at radius 3 is 2.97 bits per heavy atom. The van der Waals surface area contributed by atoms with Crippen molar-refractivity contribution in [3.05, 3.63) is 36.7 Å². The van der Waals surface area contributed by atoms with Gasteiger partial charge in [-0.3, -0.25) is 4.79 Å². The normalized spacial score (nSPS) is 14.7. The van der Waals surface area contributed by atoms with Crippen molar-refractivity contribution in [2.45, 2.75) is 49.7 Å². The molecule has 0 radical (unpaired) electrons. The van der Waals surface area contributed by atoms with Crippen LogP contribution in [0.5, 0.6) is 5.75 Å². The standard InChI is InChI=1S/C21H25N5O2S2/c1-3-11-26-19(14-7-5-4-6-8-14)24-25-21(26)29-13-18(27)23-20-22-16-10-9-15(28-2)12-17(16)30-20/h3,9-10,12,14H,1,4-8,11,13H2,2H3,(H,22,23,27). The highest BCUT2D eigenvalue weighted by Gasteiger charge is 2.23. The van der Waals surface area contributed by atoms with E-state index in [4.69, 9.17) is 4.74 Å². The van der Waals surface area contributed by atoms with Gasteiger partial charge in [0, 0.05) is 12.5 Å². The highest BCUT2D eigenvalue weighted by Crippen LogP contribution is 2.33. The number of hydrogen-bond acceptors (Lipinski definition) is 7. The minimum atomic E-state index is -0.113. The zero-order valence-electron chi connectivity index (χ0n) is 17.0. The first-order valence-electron chi connectivity index (χ1n) is 10.1. The number of thiazole rings is 1. The Morgan fingerprint density at radius 2 is 2.20 bits per heavy atom. The molecule has 0 saturated heterocycles. The van der Waals surface area contributed by atoms with Gasteiger partial charge in [0.25, 0.3) is 0 Å². The molecule has 1 aromatic carbocycles. The Bertz CT molecular complexity index is 1040. The molecule has 1 amide bonds. The fraction of sp³-hybridized carbons (Fsp3) is 0.429. The average molecular weight is 444 g/mol. The molecule has 1 N–H and O–H groups in total. The Kier molecular flexibility index (Phi) is 6.69. The van der Waals surface area contributed by atoms with Crippen molar-refractivity contribution >= 4 is 44.4 Å². The van der Waals surface area contributed by atoms with Crippen LogP contribution in [0.15, 0.2) is 36.0 Å². The van der Waals surface area contributed by atoms with E-state index in [1.54, 1.807) is 7.11 Å². The Labute approximate surface area is 183 Å². The minimum Gasteiger partial charge on any atom is -0.497 e. The van der Waals surface area contributed by atoms with Crippen LogP contribution in [0.25, 0.3) is 10.2 Å². The first-order valence-corrected chi connectivity index (χ1v) is 11.9. The summed E-state index contributed by atoms with van der Waals surface area (Å²) in [5.41, 5.74) is 0.839. The number of carbonyl (C=O) groups excluding carboxylic acids is 1. The quantitative estimate of drug-likeness (QED) is 0.395. The van der Waals surface area contributed by atoms with E-state index < -0.39 is 0 Å². The number of aromatic nitrogens is 4. The summed E-state index contributed by atoms with van der Waals surface area (Å²) in [6.07, 6.45) is 7.95. The van der Waals surface area contributed by atoms with E-state index in [0.717, 1.165) is 39.8 Å². The predicted octanol–water partition coefficient (Wildman–Crippen LogP) is 4.86. The second-order valence-electron chi connectivity index (χ2n) is 7.26. The molecule has 30 heavy (non-hydrogen) atoms. The number of thioether (sulfide) groups is 1. The van der Waals surface area contributed by atoms with Gasteiger partial charge in [-0.25, -0.2) is 4.98 Å². The number of amides is 1. The highest BCUT2D eigenvalue weighted by atomic mass is 32.2. The van der Waals surface area contributed by atoms with Gasteiger partial charge >= 0.3 is 0 Å². The molecule has 0 atom stereocenters. The predicted molar refractivity (Wildman–Crippen MR) is 122 cm³/mol. The lowest BCUT2D eigenvalue weighted by Gasteiger charge is -2.21. The van der Waals surface area contributed by atoms with E-state index >= 15 is 0 Å². The first kappa shape index (κ1) is 20.9. The summed E-state index contributed by atoms with van der Waals surface area (Å²) >= 11 is 2.83. The van der Waals surface area contributed by atoms with Crippen LogP contribution in [0.3, 0.4) is 0 Å². The van der Waals surface area contributed by atoms with Crippen LogP contribution in [0.1, 0.15) is 43.8 Å². The van der Waals surface area contributed by atoms with Crippen LogP contribution in [0, 0.1) is 0 Å². The highest BCUT2D eigenvalue weighted by molar-refractivity contribution is 7.99. The number of allylic oxidation sites excluding steroid dienone is 1. The van der Waals surface area contributed by atoms with Crippen molar-refractivity contribution in [3.8, 4) is 5.75 Å². The van der Waals surface area contributed by atoms with Gasteiger partial charge in [-0.05, 0) is 31.0 Å². The lowest BCUT2D eigenvalue weighted by atomic mass is 9.89. The monoisotopic (exact) mass is 443 g/mol. The number of nitrogens with one attached hydrogen (secondary N) is 1. The van der Waals surface area contributed by atoms with Gasteiger partial charge < -0.3 is 14.6 Å². The summed E-state index contributed by atoms with van der Waals surface area (Å²) in [5.74, 6) is 2.39. The van der Waals surface area contributed by atoms with Crippen LogP contribution < -0.4 is 10.1 Å². The summed E-state index contributed by atoms with van der Waals surface area (Å²) < 4.78 is 8.32. The van der Waals surface area contributed by atoms with Crippen LogP contribution >= 0.6 is 23.1 Å². The lowest BCUT2D eigenvalue weighted by Crippen LogP contribution is -2.15. The third-order valence-electron chi connectivity index (χ3n) is 5.20. The molecule has 2 aromatic heterocycles. The number of nitrogens with zero attached hydrogens (tertiary/aromatic N) is 4. The van der Waals surface area contributed by atoms with Gasteiger partial charge in [-0.15, -0.1) is 16.8 Å².